The highest BCUT2D eigenvalue weighted by atomic mass is 35.5. The number of carbonyl (C=O) groups is 1. The first-order valence-corrected chi connectivity index (χ1v) is 5.96. The second-order valence-corrected chi connectivity index (χ2v) is 4.52. The number of rotatable bonds is 2. The third kappa shape index (κ3) is 3.41. The molecule has 1 heterocycles. The molecule has 0 saturated carbocycles. The maximum absolute atomic E-state index is 13.1. The Morgan fingerprint density at radius 2 is 2.06 bits per heavy atom. The Kier molecular flexibility index (Phi) is 3.97. The van der Waals surface area contributed by atoms with Gasteiger partial charge in [0.2, 0.25) is 5.91 Å². The van der Waals surface area contributed by atoms with Gasteiger partial charge in [-0.05, 0) is 23.8 Å². The molecule has 0 unspecified atom stereocenters. The number of nitrogens with zero attached hydrogens (tertiary/aromatic N) is 1. The van der Waals surface area contributed by atoms with Gasteiger partial charge in [0.25, 0.3) is 0 Å². The minimum Gasteiger partial charge on any atom is -0.340 e. The summed E-state index contributed by atoms with van der Waals surface area (Å²) in [6.45, 7) is 3.05. The van der Waals surface area contributed by atoms with Crippen LogP contribution in [0.4, 0.5) is 4.39 Å². The first-order chi connectivity index (χ1) is 8.15. The van der Waals surface area contributed by atoms with Crippen LogP contribution in [0.1, 0.15) is 5.56 Å². The molecular weight excluding hydrogens is 243 g/mol. The van der Waals surface area contributed by atoms with Gasteiger partial charge in [0, 0.05) is 31.2 Å². The maximum Gasteiger partial charge on any atom is 0.227 e. The van der Waals surface area contributed by atoms with Crippen molar-refractivity contribution in [3.8, 4) is 0 Å². The Bertz CT molecular complexity index is 399. The minimum absolute atomic E-state index is 0.0215. The number of nitrogens with one attached hydrogen (secondary N) is 1. The molecule has 1 fully saturated rings. The standard InChI is InChI=1S/C12H14ClFN2O/c13-10-5-9(6-11(14)8-10)7-12(17)16-3-1-15-2-4-16/h5-6,8,15H,1-4,7H2. The molecule has 92 valence electrons. The monoisotopic (exact) mass is 256 g/mol. The molecule has 3 nitrogen and oxygen atoms in total. The normalized spacial score (nSPS) is 16.0. The van der Waals surface area contributed by atoms with Crippen molar-refractivity contribution in [2.24, 2.45) is 0 Å². The van der Waals surface area contributed by atoms with Gasteiger partial charge in [-0.25, -0.2) is 4.39 Å². The SMILES string of the molecule is O=C(Cc1cc(F)cc(Cl)c1)N1CCNCC1. The summed E-state index contributed by atoms with van der Waals surface area (Å²) in [5.74, 6) is -0.381. The number of hydrogen-bond donors (Lipinski definition) is 1. The summed E-state index contributed by atoms with van der Waals surface area (Å²) in [6, 6.07) is 4.22. The molecule has 1 saturated heterocycles. The predicted octanol–water partition coefficient (Wildman–Crippen LogP) is 1.45. The first kappa shape index (κ1) is 12.3. The van der Waals surface area contributed by atoms with Crippen molar-refractivity contribution in [3.63, 3.8) is 0 Å². The van der Waals surface area contributed by atoms with E-state index in [2.05, 4.69) is 5.32 Å². The summed E-state index contributed by atoms with van der Waals surface area (Å²) in [6.07, 6.45) is 0.206. The summed E-state index contributed by atoms with van der Waals surface area (Å²) in [7, 11) is 0. The lowest BCUT2D eigenvalue weighted by Gasteiger charge is -2.27. The second-order valence-electron chi connectivity index (χ2n) is 4.09. The van der Waals surface area contributed by atoms with Crippen molar-refractivity contribution in [1.82, 2.24) is 10.2 Å². The summed E-state index contributed by atoms with van der Waals surface area (Å²) in [5.41, 5.74) is 0.624. The van der Waals surface area contributed by atoms with Gasteiger partial charge in [-0.2, -0.15) is 0 Å². The highest BCUT2D eigenvalue weighted by Crippen LogP contribution is 2.15. The van der Waals surface area contributed by atoms with Crippen LogP contribution in [0.2, 0.25) is 5.02 Å². The van der Waals surface area contributed by atoms with Crippen LogP contribution in [0.3, 0.4) is 0 Å². The predicted molar refractivity (Wildman–Crippen MR) is 64.6 cm³/mol. The third-order valence-electron chi connectivity index (χ3n) is 2.75. The molecule has 5 heteroatoms. The Labute approximate surface area is 105 Å². The number of piperazine rings is 1. The molecule has 1 aliphatic heterocycles. The van der Waals surface area contributed by atoms with Crippen molar-refractivity contribution in [2.45, 2.75) is 6.42 Å². The van der Waals surface area contributed by atoms with Crippen molar-refractivity contribution >= 4 is 17.5 Å². The lowest BCUT2D eigenvalue weighted by molar-refractivity contribution is -0.131. The Morgan fingerprint density at radius 1 is 1.35 bits per heavy atom. The molecule has 0 radical (unpaired) electrons. The Morgan fingerprint density at radius 3 is 2.71 bits per heavy atom. The lowest BCUT2D eigenvalue weighted by atomic mass is 10.1. The molecule has 0 atom stereocenters. The Balaban J connectivity index is 2.01. The van der Waals surface area contributed by atoms with Crippen molar-refractivity contribution in [3.05, 3.63) is 34.6 Å². The maximum atomic E-state index is 13.1. The molecule has 1 aliphatic rings. The zero-order chi connectivity index (χ0) is 12.3. The van der Waals surface area contributed by atoms with Gasteiger partial charge in [-0.15, -0.1) is 0 Å². The molecule has 2 rings (SSSR count). The molecule has 1 aromatic rings. The minimum atomic E-state index is -0.402. The van der Waals surface area contributed by atoms with E-state index < -0.39 is 5.82 Å². The van der Waals surface area contributed by atoms with E-state index in [1.165, 1.54) is 12.1 Å². The summed E-state index contributed by atoms with van der Waals surface area (Å²) in [4.78, 5) is 13.7. The van der Waals surface area contributed by atoms with Crippen LogP contribution in [-0.4, -0.2) is 37.0 Å². The average Bonchev–Trinajstić information content (AvgIpc) is 2.28. The largest absolute Gasteiger partial charge is 0.340 e. The molecule has 0 spiro atoms. The van der Waals surface area contributed by atoms with Gasteiger partial charge in [0.1, 0.15) is 5.82 Å². The van der Waals surface area contributed by atoms with E-state index in [1.807, 2.05) is 0 Å². The van der Waals surface area contributed by atoms with E-state index in [1.54, 1.807) is 11.0 Å². The van der Waals surface area contributed by atoms with Crippen LogP contribution in [0, 0.1) is 5.82 Å². The van der Waals surface area contributed by atoms with Crippen molar-refractivity contribution in [1.29, 1.82) is 0 Å². The summed E-state index contributed by atoms with van der Waals surface area (Å²) in [5, 5.41) is 3.50. The van der Waals surface area contributed by atoms with E-state index in [0.29, 0.717) is 23.7 Å². The molecule has 0 aliphatic carbocycles. The smallest absolute Gasteiger partial charge is 0.227 e. The Hall–Kier alpha value is -1.13. The van der Waals surface area contributed by atoms with E-state index in [9.17, 15) is 9.18 Å². The second kappa shape index (κ2) is 5.47. The fraction of sp³-hybridized carbons (Fsp3) is 0.417. The van der Waals surface area contributed by atoms with E-state index in [0.717, 1.165) is 13.1 Å². The fourth-order valence-corrected chi connectivity index (χ4v) is 2.16. The number of amides is 1. The zero-order valence-corrected chi connectivity index (χ0v) is 10.1. The molecule has 0 bridgehead atoms. The number of carbonyl (C=O) groups excluding carboxylic acids is 1. The van der Waals surface area contributed by atoms with Crippen LogP contribution < -0.4 is 5.32 Å². The highest BCUT2D eigenvalue weighted by Gasteiger charge is 2.16. The van der Waals surface area contributed by atoms with E-state index in [-0.39, 0.29) is 12.3 Å². The zero-order valence-electron chi connectivity index (χ0n) is 9.38. The van der Waals surface area contributed by atoms with Gasteiger partial charge in [-0.3, -0.25) is 4.79 Å². The first-order valence-electron chi connectivity index (χ1n) is 5.58. The van der Waals surface area contributed by atoms with Gasteiger partial charge in [0.05, 0.1) is 6.42 Å². The molecular formula is C12H14ClFN2O. The van der Waals surface area contributed by atoms with Crippen LogP contribution >= 0.6 is 11.6 Å². The number of hydrogen-bond acceptors (Lipinski definition) is 2. The number of benzene rings is 1. The van der Waals surface area contributed by atoms with Gasteiger partial charge < -0.3 is 10.2 Å². The summed E-state index contributed by atoms with van der Waals surface area (Å²) >= 11 is 5.74. The van der Waals surface area contributed by atoms with Gasteiger partial charge in [0.15, 0.2) is 0 Å². The van der Waals surface area contributed by atoms with Gasteiger partial charge >= 0.3 is 0 Å². The van der Waals surface area contributed by atoms with Crippen molar-refractivity contribution < 1.29 is 9.18 Å². The van der Waals surface area contributed by atoms with E-state index in [4.69, 9.17) is 11.6 Å². The highest BCUT2D eigenvalue weighted by molar-refractivity contribution is 6.30. The molecule has 0 aromatic heterocycles. The quantitative estimate of drug-likeness (QED) is 0.869. The van der Waals surface area contributed by atoms with Crippen LogP contribution in [0.15, 0.2) is 18.2 Å². The number of halogens is 2. The van der Waals surface area contributed by atoms with Crippen LogP contribution in [0.5, 0.6) is 0 Å². The van der Waals surface area contributed by atoms with E-state index >= 15 is 0 Å². The summed E-state index contributed by atoms with van der Waals surface area (Å²) < 4.78 is 13.1. The topological polar surface area (TPSA) is 32.3 Å². The van der Waals surface area contributed by atoms with Crippen LogP contribution in [-0.2, 0) is 11.2 Å². The molecule has 1 N–H and O–H groups in total. The molecule has 1 amide bonds. The molecule has 17 heavy (non-hydrogen) atoms. The van der Waals surface area contributed by atoms with Gasteiger partial charge in [-0.1, -0.05) is 11.6 Å². The van der Waals surface area contributed by atoms with Crippen LogP contribution in [0.25, 0.3) is 0 Å². The molecule has 1 aromatic carbocycles. The van der Waals surface area contributed by atoms with Crippen molar-refractivity contribution in [2.75, 3.05) is 26.2 Å². The average molecular weight is 257 g/mol. The lowest BCUT2D eigenvalue weighted by Crippen LogP contribution is -2.46. The third-order valence-corrected chi connectivity index (χ3v) is 2.97. The fourth-order valence-electron chi connectivity index (χ4n) is 1.91.